The van der Waals surface area contributed by atoms with Crippen LogP contribution in [-0.2, 0) is 9.53 Å². The second kappa shape index (κ2) is 9.88. The summed E-state index contributed by atoms with van der Waals surface area (Å²) in [6.07, 6.45) is 0. The van der Waals surface area contributed by atoms with E-state index < -0.39 is 5.97 Å². The molecule has 0 aliphatic carbocycles. The molecule has 1 aliphatic rings. The van der Waals surface area contributed by atoms with Crippen LogP contribution in [0.15, 0.2) is 53.9 Å². The fourth-order valence-corrected chi connectivity index (χ4v) is 4.36. The van der Waals surface area contributed by atoms with Gasteiger partial charge in [0.15, 0.2) is 5.13 Å². The van der Waals surface area contributed by atoms with E-state index in [4.69, 9.17) is 4.98 Å². The molecule has 1 amide bonds. The number of thiazole rings is 1. The zero-order valence-corrected chi connectivity index (χ0v) is 18.4. The van der Waals surface area contributed by atoms with E-state index in [2.05, 4.69) is 19.9 Å². The number of nitrogens with zero attached hydrogens (tertiary/aromatic N) is 3. The summed E-state index contributed by atoms with van der Waals surface area (Å²) >= 11 is 1.57. The number of carbonyl (C=O) groups is 2. The maximum Gasteiger partial charge on any atom is 0.337 e. The fourth-order valence-electron chi connectivity index (χ4n) is 3.47. The highest BCUT2D eigenvalue weighted by molar-refractivity contribution is 7.14. The van der Waals surface area contributed by atoms with Gasteiger partial charge in [-0.05, 0) is 48.5 Å². The lowest BCUT2D eigenvalue weighted by molar-refractivity contribution is -0.117. The fraction of sp³-hybridized carbons (Fsp3) is 0.261. The number of anilines is 2. The van der Waals surface area contributed by atoms with Crippen LogP contribution in [0.2, 0.25) is 0 Å². The molecule has 0 spiro atoms. The van der Waals surface area contributed by atoms with Crippen molar-refractivity contribution in [2.45, 2.75) is 0 Å². The number of aromatic nitrogens is 1. The van der Waals surface area contributed by atoms with Crippen molar-refractivity contribution >= 4 is 34.0 Å². The average Bonchev–Trinajstić information content (AvgIpc) is 3.30. The van der Waals surface area contributed by atoms with Crippen molar-refractivity contribution in [1.29, 1.82) is 0 Å². The van der Waals surface area contributed by atoms with Gasteiger partial charge < -0.3 is 15.0 Å². The summed E-state index contributed by atoms with van der Waals surface area (Å²) in [6.45, 7) is 3.35. The molecule has 1 fully saturated rings. The molecule has 1 aromatic heterocycles. The molecule has 1 saturated heterocycles. The molecule has 1 aliphatic heterocycles. The predicted molar refractivity (Wildman–Crippen MR) is 123 cm³/mol. The van der Waals surface area contributed by atoms with Gasteiger partial charge in [-0.15, -0.1) is 11.3 Å². The summed E-state index contributed by atoms with van der Waals surface area (Å²) in [5.74, 6) is -0.773. The first-order valence-corrected chi connectivity index (χ1v) is 11.1. The number of amides is 1. The molecule has 2 heterocycles. The van der Waals surface area contributed by atoms with Gasteiger partial charge >= 0.3 is 5.97 Å². The molecule has 166 valence electrons. The highest BCUT2D eigenvalue weighted by Gasteiger charge is 2.21. The Labute approximate surface area is 189 Å². The van der Waals surface area contributed by atoms with E-state index in [0.717, 1.165) is 42.6 Å². The summed E-state index contributed by atoms with van der Waals surface area (Å²) in [5, 5.41) is 5.77. The molecule has 0 bridgehead atoms. The van der Waals surface area contributed by atoms with Crippen LogP contribution in [0, 0.1) is 5.82 Å². The molecule has 4 rings (SSSR count). The van der Waals surface area contributed by atoms with E-state index in [1.807, 2.05) is 5.38 Å². The van der Waals surface area contributed by atoms with Crippen molar-refractivity contribution in [3.05, 3.63) is 65.3 Å². The SMILES string of the molecule is COC(=O)c1ccc(NC(=O)CN2CCN(c3nc(-c4ccc(F)cc4)cs3)CC2)cc1. The van der Waals surface area contributed by atoms with Gasteiger partial charge in [0.25, 0.3) is 0 Å². The van der Waals surface area contributed by atoms with E-state index in [1.165, 1.54) is 19.2 Å². The van der Waals surface area contributed by atoms with E-state index in [9.17, 15) is 14.0 Å². The minimum absolute atomic E-state index is 0.0999. The first kappa shape index (κ1) is 21.9. The lowest BCUT2D eigenvalue weighted by Crippen LogP contribution is -2.48. The molecule has 7 nitrogen and oxygen atoms in total. The van der Waals surface area contributed by atoms with Crippen LogP contribution in [0.3, 0.4) is 0 Å². The van der Waals surface area contributed by atoms with Crippen molar-refractivity contribution in [3.8, 4) is 11.3 Å². The second-order valence-corrected chi connectivity index (χ2v) is 8.24. The smallest absolute Gasteiger partial charge is 0.337 e. The van der Waals surface area contributed by atoms with Crippen molar-refractivity contribution in [1.82, 2.24) is 9.88 Å². The maximum absolute atomic E-state index is 13.1. The molecular formula is C23H23FN4O3S. The van der Waals surface area contributed by atoms with Gasteiger partial charge in [0.2, 0.25) is 5.91 Å². The minimum Gasteiger partial charge on any atom is -0.465 e. The standard InChI is InChI=1S/C23H23FN4O3S/c1-31-22(30)17-4-8-19(9-5-17)25-21(29)14-27-10-12-28(13-11-27)23-26-20(15-32-23)16-2-6-18(24)7-3-16/h2-9,15H,10-14H2,1H3,(H,25,29). The third kappa shape index (κ3) is 5.30. The Morgan fingerprint density at radius 3 is 2.41 bits per heavy atom. The maximum atomic E-state index is 13.1. The molecule has 2 aromatic carbocycles. The molecular weight excluding hydrogens is 431 g/mol. The molecule has 3 aromatic rings. The lowest BCUT2D eigenvalue weighted by Gasteiger charge is -2.34. The zero-order valence-electron chi connectivity index (χ0n) is 17.6. The molecule has 0 atom stereocenters. The average molecular weight is 455 g/mol. The minimum atomic E-state index is -0.411. The zero-order chi connectivity index (χ0) is 22.5. The molecule has 0 radical (unpaired) electrons. The van der Waals surface area contributed by atoms with Crippen molar-refractivity contribution in [2.75, 3.05) is 50.1 Å². The summed E-state index contributed by atoms with van der Waals surface area (Å²) in [7, 11) is 1.33. The third-order valence-electron chi connectivity index (χ3n) is 5.23. The van der Waals surface area contributed by atoms with E-state index in [-0.39, 0.29) is 11.7 Å². The van der Waals surface area contributed by atoms with Crippen LogP contribution < -0.4 is 10.2 Å². The van der Waals surface area contributed by atoms with Gasteiger partial charge in [0, 0.05) is 42.8 Å². The number of rotatable bonds is 6. The first-order valence-electron chi connectivity index (χ1n) is 10.2. The molecule has 0 unspecified atom stereocenters. The number of halogens is 1. The monoisotopic (exact) mass is 454 g/mol. The molecule has 32 heavy (non-hydrogen) atoms. The molecule has 0 saturated carbocycles. The number of ether oxygens (including phenoxy) is 1. The summed E-state index contributed by atoms with van der Waals surface area (Å²) in [5.41, 5.74) is 2.80. The largest absolute Gasteiger partial charge is 0.465 e. The lowest BCUT2D eigenvalue weighted by atomic mass is 10.2. The van der Waals surface area contributed by atoms with Crippen LogP contribution in [0.5, 0.6) is 0 Å². The Balaban J connectivity index is 1.26. The normalized spacial score (nSPS) is 14.2. The van der Waals surface area contributed by atoms with Crippen LogP contribution >= 0.6 is 11.3 Å². The number of hydrogen-bond acceptors (Lipinski definition) is 7. The quantitative estimate of drug-likeness (QED) is 0.575. The Hall–Kier alpha value is -3.30. The number of carbonyl (C=O) groups excluding carboxylic acids is 2. The summed E-state index contributed by atoms with van der Waals surface area (Å²) < 4.78 is 17.8. The molecule has 9 heteroatoms. The van der Waals surface area contributed by atoms with Gasteiger partial charge in [-0.3, -0.25) is 9.69 Å². The second-order valence-electron chi connectivity index (χ2n) is 7.40. The van der Waals surface area contributed by atoms with Gasteiger partial charge in [-0.2, -0.15) is 0 Å². The Morgan fingerprint density at radius 2 is 1.75 bits per heavy atom. The summed E-state index contributed by atoms with van der Waals surface area (Å²) in [4.78, 5) is 32.9. The van der Waals surface area contributed by atoms with Crippen molar-refractivity contribution in [3.63, 3.8) is 0 Å². The van der Waals surface area contributed by atoms with Crippen molar-refractivity contribution < 1.29 is 18.7 Å². The highest BCUT2D eigenvalue weighted by Crippen LogP contribution is 2.28. The van der Waals surface area contributed by atoms with Crippen LogP contribution in [-0.4, -0.2) is 61.6 Å². The predicted octanol–water partition coefficient (Wildman–Crippen LogP) is 3.50. The topological polar surface area (TPSA) is 74.8 Å². The first-order chi connectivity index (χ1) is 15.5. The molecule has 1 N–H and O–H groups in total. The Kier molecular flexibility index (Phi) is 6.77. The number of methoxy groups -OCH3 is 1. The Morgan fingerprint density at radius 1 is 1.06 bits per heavy atom. The van der Waals surface area contributed by atoms with Crippen LogP contribution in [0.4, 0.5) is 15.2 Å². The number of hydrogen-bond donors (Lipinski definition) is 1. The number of esters is 1. The van der Waals surface area contributed by atoms with E-state index >= 15 is 0 Å². The number of piperazine rings is 1. The number of nitrogens with one attached hydrogen (secondary N) is 1. The number of benzene rings is 2. The van der Waals surface area contributed by atoms with Gasteiger partial charge in [-0.1, -0.05) is 0 Å². The third-order valence-corrected chi connectivity index (χ3v) is 6.13. The van der Waals surface area contributed by atoms with Crippen LogP contribution in [0.25, 0.3) is 11.3 Å². The Bertz CT molecular complexity index is 1080. The van der Waals surface area contributed by atoms with E-state index in [1.54, 1.807) is 47.7 Å². The van der Waals surface area contributed by atoms with E-state index in [0.29, 0.717) is 17.8 Å². The van der Waals surface area contributed by atoms with Crippen molar-refractivity contribution in [2.24, 2.45) is 0 Å². The van der Waals surface area contributed by atoms with Crippen LogP contribution in [0.1, 0.15) is 10.4 Å². The van der Waals surface area contributed by atoms with Gasteiger partial charge in [-0.25, -0.2) is 14.2 Å². The van der Waals surface area contributed by atoms with Gasteiger partial charge in [0.1, 0.15) is 5.82 Å². The highest BCUT2D eigenvalue weighted by atomic mass is 32.1. The summed E-state index contributed by atoms with van der Waals surface area (Å²) in [6, 6.07) is 12.9. The van der Waals surface area contributed by atoms with Gasteiger partial charge in [0.05, 0.1) is 24.9 Å².